The Kier molecular flexibility index (Phi) is 9.13. The number of rotatable bonds is 9. The van der Waals surface area contributed by atoms with Gasteiger partial charge in [0.2, 0.25) is 0 Å². The van der Waals surface area contributed by atoms with Crippen molar-refractivity contribution in [3.63, 3.8) is 0 Å². The Hall–Kier alpha value is -3.87. The summed E-state index contributed by atoms with van der Waals surface area (Å²) in [4.78, 5) is 25.1. The quantitative estimate of drug-likeness (QED) is 0.179. The number of benzene rings is 4. The maximum absolute atomic E-state index is 12.6. The zero-order valence-corrected chi connectivity index (χ0v) is 21.9. The van der Waals surface area contributed by atoms with Crippen LogP contribution in [0.1, 0.15) is 44.3 Å². The van der Waals surface area contributed by atoms with E-state index in [2.05, 4.69) is 28.0 Å². The standard InChI is InChI=1S/C30H26ClN3O2S/c1-21(25-9-6-12-28(18-25)32-29(35)26-10-5-11-27(31)17-26)33-34-30(36)24-15-13-23(14-16-24)20-37-19-22-7-3-2-4-8-22/h2-18H,19-20H2,1H3,(H,32,35)(H,34,36)/b33-21-. The Balaban J connectivity index is 1.31. The van der Waals surface area contributed by atoms with Crippen molar-refractivity contribution >= 4 is 46.6 Å². The molecule has 0 unspecified atom stereocenters. The molecule has 0 aliphatic rings. The highest BCUT2D eigenvalue weighted by Gasteiger charge is 2.09. The summed E-state index contributed by atoms with van der Waals surface area (Å²) in [5.74, 6) is 1.28. The second kappa shape index (κ2) is 12.9. The molecule has 37 heavy (non-hydrogen) atoms. The third-order valence-electron chi connectivity index (χ3n) is 5.55. The average Bonchev–Trinajstić information content (AvgIpc) is 2.92. The summed E-state index contributed by atoms with van der Waals surface area (Å²) < 4.78 is 0. The molecule has 0 spiro atoms. The van der Waals surface area contributed by atoms with Crippen LogP contribution < -0.4 is 10.7 Å². The molecule has 0 aromatic heterocycles. The van der Waals surface area contributed by atoms with Crippen molar-refractivity contribution in [3.8, 4) is 0 Å². The summed E-state index contributed by atoms with van der Waals surface area (Å²) in [6.07, 6.45) is 0. The van der Waals surface area contributed by atoms with Gasteiger partial charge in [0.05, 0.1) is 5.71 Å². The minimum absolute atomic E-state index is 0.260. The van der Waals surface area contributed by atoms with Gasteiger partial charge in [0, 0.05) is 33.3 Å². The smallest absolute Gasteiger partial charge is 0.271 e. The van der Waals surface area contributed by atoms with Crippen LogP contribution >= 0.6 is 23.4 Å². The number of halogens is 1. The predicted molar refractivity (Wildman–Crippen MR) is 153 cm³/mol. The lowest BCUT2D eigenvalue weighted by atomic mass is 10.1. The number of hydrogen-bond donors (Lipinski definition) is 2. The third kappa shape index (κ3) is 7.81. The Morgan fingerprint density at radius 3 is 2.14 bits per heavy atom. The van der Waals surface area contributed by atoms with E-state index in [-0.39, 0.29) is 11.8 Å². The molecular formula is C30H26ClN3O2S. The number of carbonyl (C=O) groups excluding carboxylic acids is 2. The van der Waals surface area contributed by atoms with Crippen molar-refractivity contribution in [2.75, 3.05) is 5.32 Å². The molecule has 7 heteroatoms. The summed E-state index contributed by atoms with van der Waals surface area (Å²) in [6.45, 7) is 1.80. The summed E-state index contributed by atoms with van der Waals surface area (Å²) in [5, 5.41) is 7.60. The van der Waals surface area contributed by atoms with E-state index in [9.17, 15) is 9.59 Å². The van der Waals surface area contributed by atoms with Gasteiger partial charge in [-0.15, -0.1) is 0 Å². The second-order valence-corrected chi connectivity index (χ2v) is 9.78. The second-order valence-electron chi connectivity index (χ2n) is 8.36. The van der Waals surface area contributed by atoms with Crippen LogP contribution in [0, 0.1) is 0 Å². The molecule has 0 saturated heterocycles. The zero-order valence-electron chi connectivity index (χ0n) is 20.3. The maximum Gasteiger partial charge on any atom is 0.271 e. The van der Waals surface area contributed by atoms with Crippen LogP contribution in [0.25, 0.3) is 0 Å². The number of hydrogen-bond acceptors (Lipinski definition) is 4. The third-order valence-corrected chi connectivity index (χ3v) is 6.86. The number of hydrazone groups is 1. The molecule has 5 nitrogen and oxygen atoms in total. The van der Waals surface area contributed by atoms with E-state index < -0.39 is 0 Å². The van der Waals surface area contributed by atoms with Crippen molar-refractivity contribution in [1.82, 2.24) is 5.43 Å². The van der Waals surface area contributed by atoms with Gasteiger partial charge in [0.1, 0.15) is 0 Å². The van der Waals surface area contributed by atoms with Crippen LogP contribution in [-0.2, 0) is 11.5 Å². The van der Waals surface area contributed by atoms with E-state index in [0.717, 1.165) is 22.6 Å². The van der Waals surface area contributed by atoms with Gasteiger partial charge in [-0.2, -0.15) is 16.9 Å². The zero-order chi connectivity index (χ0) is 26.0. The lowest BCUT2D eigenvalue weighted by Crippen LogP contribution is -2.19. The molecule has 4 rings (SSSR count). The fourth-order valence-electron chi connectivity index (χ4n) is 3.53. The van der Waals surface area contributed by atoms with Crippen molar-refractivity contribution in [3.05, 3.63) is 136 Å². The van der Waals surface area contributed by atoms with Gasteiger partial charge in [0.15, 0.2) is 0 Å². The molecule has 4 aromatic rings. The first-order valence-corrected chi connectivity index (χ1v) is 13.2. The molecule has 2 amide bonds. The molecule has 0 fully saturated rings. The van der Waals surface area contributed by atoms with Crippen LogP contribution in [0.4, 0.5) is 5.69 Å². The molecule has 0 bridgehead atoms. The summed E-state index contributed by atoms with van der Waals surface area (Å²) in [6, 6.07) is 31.9. The monoisotopic (exact) mass is 527 g/mol. The van der Waals surface area contributed by atoms with Gasteiger partial charge in [-0.05, 0) is 66.1 Å². The number of carbonyl (C=O) groups is 2. The van der Waals surface area contributed by atoms with E-state index in [1.807, 2.05) is 66.4 Å². The fourth-order valence-corrected chi connectivity index (χ4v) is 4.68. The topological polar surface area (TPSA) is 70.6 Å². The average molecular weight is 528 g/mol. The lowest BCUT2D eigenvalue weighted by molar-refractivity contribution is 0.0954. The van der Waals surface area contributed by atoms with Gasteiger partial charge in [-0.1, -0.05) is 72.3 Å². The number of nitrogens with zero attached hydrogens (tertiary/aromatic N) is 1. The first kappa shape index (κ1) is 26.2. The van der Waals surface area contributed by atoms with Crippen molar-refractivity contribution < 1.29 is 9.59 Å². The maximum atomic E-state index is 12.6. The summed E-state index contributed by atoms with van der Waals surface area (Å²) >= 11 is 7.82. The van der Waals surface area contributed by atoms with Crippen LogP contribution in [0.5, 0.6) is 0 Å². The van der Waals surface area contributed by atoms with Crippen LogP contribution in [0.15, 0.2) is 108 Å². The van der Waals surface area contributed by atoms with Gasteiger partial charge in [-0.3, -0.25) is 9.59 Å². The summed E-state index contributed by atoms with van der Waals surface area (Å²) in [7, 11) is 0. The lowest BCUT2D eigenvalue weighted by Gasteiger charge is -2.08. The van der Waals surface area contributed by atoms with Gasteiger partial charge < -0.3 is 5.32 Å². The number of amides is 2. The number of anilines is 1. The molecule has 0 heterocycles. The Morgan fingerprint density at radius 1 is 0.730 bits per heavy atom. The highest BCUT2D eigenvalue weighted by molar-refractivity contribution is 7.97. The highest BCUT2D eigenvalue weighted by Crippen LogP contribution is 2.19. The minimum atomic E-state index is -0.284. The largest absolute Gasteiger partial charge is 0.322 e. The normalized spacial score (nSPS) is 11.1. The summed E-state index contributed by atoms with van der Waals surface area (Å²) in [5.41, 5.74) is 8.08. The van der Waals surface area contributed by atoms with Crippen molar-refractivity contribution in [2.24, 2.45) is 5.10 Å². The van der Waals surface area contributed by atoms with Crippen LogP contribution in [0.3, 0.4) is 0 Å². The van der Waals surface area contributed by atoms with Crippen LogP contribution in [-0.4, -0.2) is 17.5 Å². The first-order valence-electron chi connectivity index (χ1n) is 11.7. The molecular weight excluding hydrogens is 502 g/mol. The van der Waals surface area contributed by atoms with E-state index in [0.29, 0.717) is 27.5 Å². The molecule has 0 atom stereocenters. The number of nitrogens with one attached hydrogen (secondary N) is 2. The van der Waals surface area contributed by atoms with E-state index in [4.69, 9.17) is 11.6 Å². The Bertz CT molecular complexity index is 1410. The minimum Gasteiger partial charge on any atom is -0.322 e. The van der Waals surface area contributed by atoms with Gasteiger partial charge in [0.25, 0.3) is 11.8 Å². The van der Waals surface area contributed by atoms with Gasteiger partial charge in [-0.25, -0.2) is 5.43 Å². The van der Waals surface area contributed by atoms with E-state index in [1.54, 1.807) is 43.3 Å². The van der Waals surface area contributed by atoms with E-state index in [1.165, 1.54) is 5.56 Å². The fraction of sp³-hybridized carbons (Fsp3) is 0.100. The molecule has 0 aliphatic carbocycles. The van der Waals surface area contributed by atoms with Gasteiger partial charge >= 0.3 is 0 Å². The van der Waals surface area contributed by atoms with Crippen molar-refractivity contribution in [1.29, 1.82) is 0 Å². The van der Waals surface area contributed by atoms with Crippen LogP contribution in [0.2, 0.25) is 5.02 Å². The molecule has 0 saturated carbocycles. The highest BCUT2D eigenvalue weighted by atomic mass is 35.5. The molecule has 186 valence electrons. The van der Waals surface area contributed by atoms with Crippen molar-refractivity contribution in [2.45, 2.75) is 18.4 Å². The first-order chi connectivity index (χ1) is 18.0. The Morgan fingerprint density at radius 2 is 1.41 bits per heavy atom. The molecule has 0 aliphatic heterocycles. The Labute approximate surface area is 226 Å². The molecule has 0 radical (unpaired) electrons. The van der Waals surface area contributed by atoms with E-state index >= 15 is 0 Å². The SMILES string of the molecule is C/C(=N/NC(=O)c1ccc(CSCc2ccccc2)cc1)c1cccc(NC(=O)c2cccc(Cl)c2)c1. The molecule has 2 N–H and O–H groups in total. The number of thioether (sulfide) groups is 1. The predicted octanol–water partition coefficient (Wildman–Crippen LogP) is 7.18. The molecule has 4 aromatic carbocycles.